The number of rotatable bonds is 3. The molecule has 0 amide bonds. The summed E-state index contributed by atoms with van der Waals surface area (Å²) in [5.41, 5.74) is 3.68. The van der Waals surface area contributed by atoms with E-state index in [0.29, 0.717) is 0 Å². The van der Waals surface area contributed by atoms with Gasteiger partial charge in [0.2, 0.25) is 0 Å². The lowest BCUT2D eigenvalue weighted by molar-refractivity contribution is 0.0919. The van der Waals surface area contributed by atoms with Gasteiger partial charge < -0.3 is 4.74 Å². The predicted molar refractivity (Wildman–Crippen MR) is 86.6 cm³/mol. The Morgan fingerprint density at radius 1 is 1.05 bits per heavy atom. The van der Waals surface area contributed by atoms with Gasteiger partial charge in [-0.15, -0.1) is 0 Å². The molecule has 21 heavy (non-hydrogen) atoms. The van der Waals surface area contributed by atoms with E-state index in [1.165, 1.54) is 16.7 Å². The molecular weight excluding hydrogens is 258 g/mol. The summed E-state index contributed by atoms with van der Waals surface area (Å²) in [7, 11) is 0. The van der Waals surface area contributed by atoms with Gasteiger partial charge in [-0.25, -0.2) is 0 Å². The van der Waals surface area contributed by atoms with Crippen LogP contribution in [0.15, 0.2) is 48.5 Å². The standard InChI is InChI=1S/C19H23NO/c1-13-9-5-6-10-15(13)14(2)20-18-16-11-7-8-12-17(16)21-19(18,3)4/h5-12,14,18,20H,1-4H3. The minimum atomic E-state index is -0.235. The molecule has 0 radical (unpaired) electrons. The smallest absolute Gasteiger partial charge is 0.125 e. The van der Waals surface area contributed by atoms with Crippen molar-refractivity contribution in [1.82, 2.24) is 5.32 Å². The highest BCUT2D eigenvalue weighted by Crippen LogP contribution is 2.43. The molecule has 110 valence electrons. The summed E-state index contributed by atoms with van der Waals surface area (Å²) in [5, 5.41) is 3.76. The summed E-state index contributed by atoms with van der Waals surface area (Å²) in [6, 6.07) is 17.4. The lowest BCUT2D eigenvalue weighted by Gasteiger charge is -2.30. The van der Waals surface area contributed by atoms with Gasteiger partial charge in [0.05, 0.1) is 6.04 Å². The van der Waals surface area contributed by atoms with Crippen molar-refractivity contribution in [3.8, 4) is 5.75 Å². The molecule has 1 heterocycles. The number of ether oxygens (including phenoxy) is 1. The average Bonchev–Trinajstić information content (AvgIpc) is 2.70. The fourth-order valence-electron chi connectivity index (χ4n) is 3.23. The molecule has 2 heteroatoms. The van der Waals surface area contributed by atoms with Gasteiger partial charge >= 0.3 is 0 Å². The maximum Gasteiger partial charge on any atom is 0.125 e. The van der Waals surface area contributed by atoms with E-state index in [2.05, 4.69) is 75.5 Å². The van der Waals surface area contributed by atoms with Crippen molar-refractivity contribution in [3.63, 3.8) is 0 Å². The Labute approximate surface area is 127 Å². The largest absolute Gasteiger partial charge is 0.486 e. The summed E-state index contributed by atoms with van der Waals surface area (Å²) in [6.07, 6.45) is 0. The molecule has 0 aromatic heterocycles. The number of benzene rings is 2. The summed E-state index contributed by atoms with van der Waals surface area (Å²) < 4.78 is 6.11. The first-order valence-corrected chi connectivity index (χ1v) is 7.58. The molecule has 1 N–H and O–H groups in total. The topological polar surface area (TPSA) is 21.3 Å². The van der Waals surface area contributed by atoms with Crippen molar-refractivity contribution < 1.29 is 4.74 Å². The first kappa shape index (κ1) is 14.2. The Bertz CT molecular complexity index is 648. The lowest BCUT2D eigenvalue weighted by atomic mass is 9.92. The molecule has 2 nitrogen and oxygen atoms in total. The Kier molecular flexibility index (Phi) is 3.50. The quantitative estimate of drug-likeness (QED) is 0.890. The first-order chi connectivity index (χ1) is 9.99. The molecule has 0 saturated heterocycles. The molecule has 0 saturated carbocycles. The van der Waals surface area contributed by atoms with Crippen LogP contribution in [0.2, 0.25) is 0 Å². The second-order valence-electron chi connectivity index (χ2n) is 6.42. The van der Waals surface area contributed by atoms with Gasteiger partial charge in [-0.2, -0.15) is 0 Å². The summed E-state index contributed by atoms with van der Waals surface area (Å²) >= 11 is 0. The number of hydrogen-bond acceptors (Lipinski definition) is 2. The van der Waals surface area contributed by atoms with Gasteiger partial charge in [0.25, 0.3) is 0 Å². The Morgan fingerprint density at radius 2 is 1.71 bits per heavy atom. The average molecular weight is 281 g/mol. The maximum absolute atomic E-state index is 6.11. The third-order valence-electron chi connectivity index (χ3n) is 4.37. The van der Waals surface area contributed by atoms with Crippen LogP contribution in [0.25, 0.3) is 0 Å². The molecule has 0 bridgehead atoms. The van der Waals surface area contributed by atoms with Gasteiger partial charge in [0.1, 0.15) is 11.4 Å². The zero-order chi connectivity index (χ0) is 15.0. The molecule has 2 aromatic rings. The Morgan fingerprint density at radius 3 is 2.48 bits per heavy atom. The van der Waals surface area contributed by atoms with Crippen LogP contribution < -0.4 is 10.1 Å². The van der Waals surface area contributed by atoms with Crippen molar-refractivity contribution in [1.29, 1.82) is 0 Å². The van der Waals surface area contributed by atoms with E-state index >= 15 is 0 Å². The van der Waals surface area contributed by atoms with Crippen LogP contribution in [0.5, 0.6) is 5.75 Å². The van der Waals surface area contributed by atoms with E-state index in [-0.39, 0.29) is 17.7 Å². The number of para-hydroxylation sites is 1. The van der Waals surface area contributed by atoms with Gasteiger partial charge in [0.15, 0.2) is 0 Å². The van der Waals surface area contributed by atoms with Crippen LogP contribution in [-0.4, -0.2) is 5.60 Å². The van der Waals surface area contributed by atoms with Crippen LogP contribution in [0.3, 0.4) is 0 Å². The zero-order valence-corrected chi connectivity index (χ0v) is 13.2. The first-order valence-electron chi connectivity index (χ1n) is 7.58. The normalized spacial score (nSPS) is 20.7. The summed E-state index contributed by atoms with van der Waals surface area (Å²) in [4.78, 5) is 0. The van der Waals surface area contributed by atoms with E-state index in [1.807, 2.05) is 6.07 Å². The number of nitrogens with one attached hydrogen (secondary N) is 1. The highest BCUT2D eigenvalue weighted by Gasteiger charge is 2.41. The molecule has 1 aliphatic heterocycles. The van der Waals surface area contributed by atoms with Gasteiger partial charge in [-0.3, -0.25) is 5.32 Å². The fraction of sp³-hybridized carbons (Fsp3) is 0.368. The lowest BCUT2D eigenvalue weighted by Crippen LogP contribution is -2.40. The minimum Gasteiger partial charge on any atom is -0.486 e. The molecule has 2 unspecified atom stereocenters. The third kappa shape index (κ3) is 2.56. The van der Waals surface area contributed by atoms with E-state index in [0.717, 1.165) is 5.75 Å². The summed E-state index contributed by atoms with van der Waals surface area (Å²) in [6.45, 7) is 8.68. The molecular formula is C19H23NO. The third-order valence-corrected chi connectivity index (χ3v) is 4.37. The van der Waals surface area contributed by atoms with E-state index in [4.69, 9.17) is 4.74 Å². The Hall–Kier alpha value is -1.80. The molecule has 0 spiro atoms. The second kappa shape index (κ2) is 5.19. The SMILES string of the molecule is Cc1ccccc1C(C)NC1c2ccccc2OC1(C)C. The van der Waals surface area contributed by atoms with Gasteiger partial charge in [-0.05, 0) is 44.9 Å². The maximum atomic E-state index is 6.11. The molecule has 0 aliphatic carbocycles. The Balaban J connectivity index is 1.89. The second-order valence-corrected chi connectivity index (χ2v) is 6.42. The van der Waals surface area contributed by atoms with E-state index in [1.54, 1.807) is 0 Å². The molecule has 2 aromatic carbocycles. The highest BCUT2D eigenvalue weighted by molar-refractivity contribution is 5.42. The summed E-state index contributed by atoms with van der Waals surface area (Å²) in [5.74, 6) is 0.997. The van der Waals surface area contributed by atoms with Crippen molar-refractivity contribution in [2.24, 2.45) is 0 Å². The van der Waals surface area contributed by atoms with E-state index < -0.39 is 0 Å². The van der Waals surface area contributed by atoms with Crippen LogP contribution in [0.1, 0.15) is 49.5 Å². The van der Waals surface area contributed by atoms with E-state index in [9.17, 15) is 0 Å². The van der Waals surface area contributed by atoms with Crippen molar-refractivity contribution in [3.05, 3.63) is 65.2 Å². The number of hydrogen-bond donors (Lipinski definition) is 1. The fourth-order valence-corrected chi connectivity index (χ4v) is 3.23. The monoisotopic (exact) mass is 281 g/mol. The van der Waals surface area contributed by atoms with Gasteiger partial charge in [0, 0.05) is 11.6 Å². The molecule has 0 fully saturated rings. The van der Waals surface area contributed by atoms with Crippen molar-refractivity contribution in [2.75, 3.05) is 0 Å². The van der Waals surface area contributed by atoms with Crippen molar-refractivity contribution in [2.45, 2.75) is 45.4 Å². The van der Waals surface area contributed by atoms with Crippen LogP contribution in [0, 0.1) is 6.92 Å². The number of aryl methyl sites for hydroxylation is 1. The molecule has 2 atom stereocenters. The number of fused-ring (bicyclic) bond motifs is 1. The predicted octanol–water partition coefficient (Wildman–Crippen LogP) is 4.56. The molecule has 1 aliphatic rings. The zero-order valence-electron chi connectivity index (χ0n) is 13.2. The molecule has 3 rings (SSSR count). The van der Waals surface area contributed by atoms with Crippen LogP contribution >= 0.6 is 0 Å². The van der Waals surface area contributed by atoms with Gasteiger partial charge in [-0.1, -0.05) is 42.5 Å². The highest BCUT2D eigenvalue weighted by atomic mass is 16.5. The van der Waals surface area contributed by atoms with Crippen LogP contribution in [0.4, 0.5) is 0 Å². The van der Waals surface area contributed by atoms with Crippen LogP contribution in [-0.2, 0) is 0 Å². The van der Waals surface area contributed by atoms with Crippen molar-refractivity contribution >= 4 is 0 Å². The minimum absolute atomic E-state index is 0.198.